The number of nitrogens with two attached hydrogens (primary N) is 1. The number of rotatable bonds is 7. The van der Waals surface area contributed by atoms with Gasteiger partial charge in [0.2, 0.25) is 5.91 Å². The Morgan fingerprint density at radius 3 is 2.27 bits per heavy atom. The lowest BCUT2D eigenvalue weighted by molar-refractivity contribution is -0.120. The van der Waals surface area contributed by atoms with E-state index in [4.69, 9.17) is 5.73 Å². The van der Waals surface area contributed by atoms with E-state index >= 15 is 0 Å². The molecule has 122 valence electrons. The van der Waals surface area contributed by atoms with Crippen molar-refractivity contribution in [2.24, 2.45) is 11.7 Å². The summed E-state index contributed by atoms with van der Waals surface area (Å²) in [6.45, 7) is 4.87. The van der Waals surface area contributed by atoms with Gasteiger partial charge in [-0.2, -0.15) is 0 Å². The number of carbonyl (C=O) groups is 2. The lowest BCUT2D eigenvalue weighted by atomic mass is 10.0. The average Bonchev–Trinajstić information content (AvgIpc) is 2.42. The minimum absolute atomic E-state index is 0.0516. The quantitative estimate of drug-likeness (QED) is 0.704. The molecule has 0 bridgehead atoms. The lowest BCUT2D eigenvalue weighted by Gasteiger charge is -2.20. The number of benzene rings is 1. The highest BCUT2D eigenvalue weighted by Crippen LogP contribution is 2.10. The summed E-state index contributed by atoms with van der Waals surface area (Å²) >= 11 is 0. The fraction of sp³-hybridized carbons (Fsp3) is 0.500. The second kappa shape index (κ2) is 8.38. The molecule has 0 aliphatic heterocycles. The third-order valence-corrected chi connectivity index (χ3v) is 3.30. The van der Waals surface area contributed by atoms with Gasteiger partial charge in [0.05, 0.1) is 0 Å². The van der Waals surface area contributed by atoms with E-state index in [2.05, 4.69) is 15.5 Å². The minimum Gasteiger partial charge on any atom is -0.368 e. The summed E-state index contributed by atoms with van der Waals surface area (Å²) in [7, 11) is 3.99. The van der Waals surface area contributed by atoms with Crippen molar-refractivity contribution in [3.63, 3.8) is 0 Å². The largest absolute Gasteiger partial charge is 0.368 e. The van der Waals surface area contributed by atoms with E-state index in [1.54, 1.807) is 0 Å². The zero-order chi connectivity index (χ0) is 16.7. The number of hydrogen-bond donors (Lipinski definition) is 3. The molecule has 0 aliphatic carbocycles. The molecule has 0 aliphatic rings. The molecule has 1 aromatic carbocycles. The van der Waals surface area contributed by atoms with Crippen LogP contribution in [-0.2, 0) is 17.9 Å². The zero-order valence-electron chi connectivity index (χ0n) is 13.7. The van der Waals surface area contributed by atoms with Crippen molar-refractivity contribution in [3.8, 4) is 0 Å². The number of urea groups is 1. The fourth-order valence-electron chi connectivity index (χ4n) is 2.16. The molecule has 1 atom stereocenters. The monoisotopic (exact) mass is 306 g/mol. The van der Waals surface area contributed by atoms with Gasteiger partial charge in [0.25, 0.3) is 0 Å². The van der Waals surface area contributed by atoms with Crippen molar-refractivity contribution in [2.45, 2.75) is 33.0 Å². The molecule has 0 radical (unpaired) electrons. The van der Waals surface area contributed by atoms with Crippen LogP contribution >= 0.6 is 0 Å². The summed E-state index contributed by atoms with van der Waals surface area (Å²) in [5.74, 6) is -0.581. The average molecular weight is 306 g/mol. The number of nitrogens with zero attached hydrogens (tertiary/aromatic N) is 1. The number of hydrogen-bond acceptors (Lipinski definition) is 3. The summed E-state index contributed by atoms with van der Waals surface area (Å²) < 4.78 is 0. The second-order valence-corrected chi connectivity index (χ2v) is 5.96. The SMILES string of the molecule is CC(C)[C@H](NC(=O)NCc1ccccc1CN(C)C)C(N)=O. The van der Waals surface area contributed by atoms with E-state index in [9.17, 15) is 9.59 Å². The molecule has 4 N–H and O–H groups in total. The molecule has 0 saturated heterocycles. The number of amides is 3. The van der Waals surface area contributed by atoms with Gasteiger partial charge >= 0.3 is 6.03 Å². The molecule has 6 nitrogen and oxygen atoms in total. The highest BCUT2D eigenvalue weighted by Gasteiger charge is 2.21. The van der Waals surface area contributed by atoms with E-state index in [1.807, 2.05) is 52.2 Å². The van der Waals surface area contributed by atoms with Crippen LogP contribution in [0, 0.1) is 5.92 Å². The smallest absolute Gasteiger partial charge is 0.315 e. The molecular formula is C16H26N4O2. The molecule has 0 aromatic heterocycles. The molecule has 3 amide bonds. The first kappa shape index (κ1) is 18.0. The maximum absolute atomic E-state index is 11.9. The van der Waals surface area contributed by atoms with E-state index in [-0.39, 0.29) is 5.92 Å². The van der Waals surface area contributed by atoms with Crippen LogP contribution in [0.1, 0.15) is 25.0 Å². The Balaban J connectivity index is 2.62. The van der Waals surface area contributed by atoms with Crippen LogP contribution < -0.4 is 16.4 Å². The first-order valence-electron chi connectivity index (χ1n) is 7.36. The molecule has 6 heteroatoms. The Bertz CT molecular complexity index is 515. The van der Waals surface area contributed by atoms with Gasteiger partial charge in [-0.15, -0.1) is 0 Å². The Morgan fingerprint density at radius 1 is 1.18 bits per heavy atom. The van der Waals surface area contributed by atoms with Crippen LogP contribution in [0.25, 0.3) is 0 Å². The van der Waals surface area contributed by atoms with Gasteiger partial charge in [-0.1, -0.05) is 38.1 Å². The van der Waals surface area contributed by atoms with Crippen molar-refractivity contribution in [3.05, 3.63) is 35.4 Å². The van der Waals surface area contributed by atoms with E-state index in [0.29, 0.717) is 6.54 Å². The van der Waals surface area contributed by atoms with Crippen LogP contribution in [0.5, 0.6) is 0 Å². The van der Waals surface area contributed by atoms with Gasteiger partial charge in [-0.05, 0) is 31.1 Å². The van der Waals surface area contributed by atoms with Gasteiger partial charge in [-0.3, -0.25) is 4.79 Å². The zero-order valence-corrected chi connectivity index (χ0v) is 13.7. The number of carbonyl (C=O) groups excluding carboxylic acids is 2. The van der Waals surface area contributed by atoms with Crippen LogP contribution in [0.4, 0.5) is 4.79 Å². The predicted octanol–water partition coefficient (Wildman–Crippen LogP) is 1.06. The Hall–Kier alpha value is -2.08. The first-order valence-corrected chi connectivity index (χ1v) is 7.36. The van der Waals surface area contributed by atoms with Crippen LogP contribution in [-0.4, -0.2) is 37.0 Å². The van der Waals surface area contributed by atoms with E-state index in [1.165, 1.54) is 0 Å². The summed E-state index contributed by atoms with van der Waals surface area (Å²) in [4.78, 5) is 25.3. The third kappa shape index (κ3) is 5.73. The predicted molar refractivity (Wildman–Crippen MR) is 87.0 cm³/mol. The third-order valence-electron chi connectivity index (χ3n) is 3.30. The number of primary amides is 1. The maximum atomic E-state index is 11.9. The van der Waals surface area contributed by atoms with Gasteiger partial charge in [0.1, 0.15) is 6.04 Å². The van der Waals surface area contributed by atoms with E-state index in [0.717, 1.165) is 17.7 Å². The Morgan fingerprint density at radius 2 is 1.77 bits per heavy atom. The standard InChI is InChI=1S/C16H26N4O2/c1-11(2)14(15(17)21)19-16(22)18-9-12-7-5-6-8-13(12)10-20(3)4/h5-8,11,14H,9-10H2,1-4H3,(H2,17,21)(H2,18,19,22)/t14-/m0/s1. The van der Waals surface area contributed by atoms with Crippen LogP contribution in [0.3, 0.4) is 0 Å². The number of nitrogens with one attached hydrogen (secondary N) is 2. The normalized spacial score (nSPS) is 12.3. The molecule has 1 rings (SSSR count). The van der Waals surface area contributed by atoms with Crippen molar-refractivity contribution in [2.75, 3.05) is 14.1 Å². The Kier molecular flexibility index (Phi) is 6.85. The van der Waals surface area contributed by atoms with Crippen molar-refractivity contribution >= 4 is 11.9 Å². The summed E-state index contributed by atoms with van der Waals surface area (Å²) in [5.41, 5.74) is 7.49. The van der Waals surface area contributed by atoms with E-state index < -0.39 is 18.0 Å². The molecule has 1 aromatic rings. The summed E-state index contributed by atoms with van der Waals surface area (Å²) in [5, 5.41) is 5.39. The van der Waals surface area contributed by atoms with Crippen molar-refractivity contribution in [1.29, 1.82) is 0 Å². The summed E-state index contributed by atoms with van der Waals surface area (Å²) in [6.07, 6.45) is 0. The molecule has 0 heterocycles. The van der Waals surface area contributed by atoms with Gasteiger partial charge in [-0.25, -0.2) is 4.79 Å². The van der Waals surface area contributed by atoms with Gasteiger partial charge in [0, 0.05) is 13.1 Å². The topological polar surface area (TPSA) is 87.5 Å². The Labute approximate surface area is 132 Å². The van der Waals surface area contributed by atoms with Crippen molar-refractivity contribution in [1.82, 2.24) is 15.5 Å². The maximum Gasteiger partial charge on any atom is 0.315 e. The second-order valence-electron chi connectivity index (χ2n) is 5.96. The molecule has 22 heavy (non-hydrogen) atoms. The molecule has 0 saturated carbocycles. The molecule has 0 unspecified atom stereocenters. The highest BCUT2D eigenvalue weighted by atomic mass is 16.2. The minimum atomic E-state index is -0.669. The lowest BCUT2D eigenvalue weighted by Crippen LogP contribution is -2.50. The van der Waals surface area contributed by atoms with Crippen LogP contribution in [0.2, 0.25) is 0 Å². The molecular weight excluding hydrogens is 280 g/mol. The van der Waals surface area contributed by atoms with Gasteiger partial charge < -0.3 is 21.3 Å². The van der Waals surface area contributed by atoms with Crippen LogP contribution in [0.15, 0.2) is 24.3 Å². The highest BCUT2D eigenvalue weighted by molar-refractivity contribution is 5.86. The summed E-state index contributed by atoms with van der Waals surface area (Å²) in [6, 6.07) is 6.87. The van der Waals surface area contributed by atoms with Gasteiger partial charge in [0.15, 0.2) is 0 Å². The fourth-order valence-corrected chi connectivity index (χ4v) is 2.16. The first-order chi connectivity index (χ1) is 10.3. The molecule has 0 spiro atoms. The molecule has 0 fully saturated rings. The van der Waals surface area contributed by atoms with Crippen molar-refractivity contribution < 1.29 is 9.59 Å².